The first-order valence-corrected chi connectivity index (χ1v) is 3.95. The van der Waals surface area contributed by atoms with Crippen molar-refractivity contribution < 1.29 is 4.74 Å². The Morgan fingerprint density at radius 2 is 2.20 bits per heavy atom. The van der Waals surface area contributed by atoms with E-state index in [1.165, 1.54) is 24.8 Å². The van der Waals surface area contributed by atoms with Crippen molar-refractivity contribution in [3.8, 4) is 0 Å². The number of methoxy groups -OCH3 is 1. The van der Waals surface area contributed by atoms with E-state index in [1.807, 2.05) is 0 Å². The summed E-state index contributed by atoms with van der Waals surface area (Å²) in [7, 11) is 1.73. The minimum absolute atomic E-state index is 0.781. The second-order valence-corrected chi connectivity index (χ2v) is 2.63. The summed E-state index contributed by atoms with van der Waals surface area (Å²) >= 11 is 0. The molecule has 0 aromatic carbocycles. The third kappa shape index (κ3) is 5.83. The third-order valence-electron chi connectivity index (χ3n) is 1.42. The van der Waals surface area contributed by atoms with Crippen molar-refractivity contribution in [1.29, 1.82) is 0 Å². The summed E-state index contributed by atoms with van der Waals surface area (Å²) in [5.74, 6) is 0. The molecule has 0 aromatic heterocycles. The van der Waals surface area contributed by atoms with E-state index in [9.17, 15) is 0 Å². The second kappa shape index (κ2) is 6.81. The molecule has 1 nitrogen and oxygen atoms in total. The van der Waals surface area contributed by atoms with E-state index < -0.39 is 0 Å². The highest BCUT2D eigenvalue weighted by atomic mass is 16.5. The lowest BCUT2D eigenvalue weighted by Crippen LogP contribution is -1.88. The number of hydrogen-bond acceptors (Lipinski definition) is 1. The number of hydrogen-bond donors (Lipinski definition) is 0. The van der Waals surface area contributed by atoms with Gasteiger partial charge in [0.1, 0.15) is 0 Å². The second-order valence-electron chi connectivity index (χ2n) is 2.63. The van der Waals surface area contributed by atoms with Crippen molar-refractivity contribution in [3.63, 3.8) is 0 Å². The highest BCUT2D eigenvalue weighted by Gasteiger charge is 1.85. The van der Waals surface area contributed by atoms with Gasteiger partial charge in [-0.1, -0.05) is 31.4 Å². The number of allylic oxidation sites excluding steroid dienone is 1. The van der Waals surface area contributed by atoms with Gasteiger partial charge in [-0.3, -0.25) is 0 Å². The zero-order chi connectivity index (χ0) is 7.82. The van der Waals surface area contributed by atoms with Gasteiger partial charge in [0.05, 0.1) is 6.61 Å². The molecular weight excluding hydrogens is 124 g/mol. The first-order chi connectivity index (χ1) is 4.81. The number of unbranched alkanes of at least 4 members (excludes halogenated alkanes) is 2. The van der Waals surface area contributed by atoms with Gasteiger partial charge in [0.15, 0.2) is 0 Å². The van der Waals surface area contributed by atoms with Crippen LogP contribution in [0.15, 0.2) is 11.6 Å². The molecule has 0 N–H and O–H groups in total. The molecular formula is C9H18O. The Kier molecular flexibility index (Phi) is 6.61. The molecule has 0 aliphatic heterocycles. The SMILES string of the molecule is CCCCC=C(C)COC. The van der Waals surface area contributed by atoms with Crippen molar-refractivity contribution in [1.82, 2.24) is 0 Å². The van der Waals surface area contributed by atoms with Crippen LogP contribution in [0.25, 0.3) is 0 Å². The first-order valence-electron chi connectivity index (χ1n) is 3.95. The Hall–Kier alpha value is -0.300. The van der Waals surface area contributed by atoms with Gasteiger partial charge in [0, 0.05) is 7.11 Å². The molecule has 0 rings (SSSR count). The lowest BCUT2D eigenvalue weighted by Gasteiger charge is -1.97. The molecule has 0 unspecified atom stereocenters. The van der Waals surface area contributed by atoms with Crippen LogP contribution in [0.2, 0.25) is 0 Å². The zero-order valence-electron chi connectivity index (χ0n) is 7.31. The molecule has 0 saturated carbocycles. The van der Waals surface area contributed by atoms with Gasteiger partial charge in [-0.2, -0.15) is 0 Å². The van der Waals surface area contributed by atoms with Crippen LogP contribution in [0.5, 0.6) is 0 Å². The summed E-state index contributed by atoms with van der Waals surface area (Å²) in [6.07, 6.45) is 6.02. The van der Waals surface area contributed by atoms with Crippen LogP contribution in [0.3, 0.4) is 0 Å². The van der Waals surface area contributed by atoms with Crippen molar-refractivity contribution in [3.05, 3.63) is 11.6 Å². The molecule has 0 heterocycles. The van der Waals surface area contributed by atoms with E-state index in [-0.39, 0.29) is 0 Å². The summed E-state index contributed by atoms with van der Waals surface area (Å²) in [5, 5.41) is 0. The Balaban J connectivity index is 3.28. The molecule has 1 heteroatoms. The fourth-order valence-electron chi connectivity index (χ4n) is 0.839. The van der Waals surface area contributed by atoms with Crippen LogP contribution in [0.1, 0.15) is 33.1 Å². The van der Waals surface area contributed by atoms with E-state index in [2.05, 4.69) is 19.9 Å². The van der Waals surface area contributed by atoms with Gasteiger partial charge < -0.3 is 4.74 Å². The maximum atomic E-state index is 4.97. The van der Waals surface area contributed by atoms with E-state index in [0.29, 0.717) is 0 Å². The highest BCUT2D eigenvalue weighted by Crippen LogP contribution is 2.00. The molecule has 0 aromatic rings. The Morgan fingerprint density at radius 1 is 1.50 bits per heavy atom. The standard InChI is InChI=1S/C9H18O/c1-4-5-6-7-9(2)8-10-3/h7H,4-6,8H2,1-3H3. The molecule has 0 saturated heterocycles. The molecule has 0 bridgehead atoms. The van der Waals surface area contributed by atoms with Crippen LogP contribution in [-0.2, 0) is 4.74 Å². The predicted molar refractivity (Wildman–Crippen MR) is 45.2 cm³/mol. The monoisotopic (exact) mass is 142 g/mol. The van der Waals surface area contributed by atoms with Crippen molar-refractivity contribution in [2.45, 2.75) is 33.1 Å². The van der Waals surface area contributed by atoms with Crippen molar-refractivity contribution >= 4 is 0 Å². The number of ether oxygens (including phenoxy) is 1. The summed E-state index contributed by atoms with van der Waals surface area (Å²) in [4.78, 5) is 0. The maximum absolute atomic E-state index is 4.97. The van der Waals surface area contributed by atoms with E-state index in [0.717, 1.165) is 6.61 Å². The van der Waals surface area contributed by atoms with Gasteiger partial charge in [-0.25, -0.2) is 0 Å². The van der Waals surface area contributed by atoms with Gasteiger partial charge in [-0.05, 0) is 13.3 Å². The molecule has 0 aliphatic rings. The van der Waals surface area contributed by atoms with Crippen molar-refractivity contribution in [2.24, 2.45) is 0 Å². The van der Waals surface area contributed by atoms with Gasteiger partial charge >= 0.3 is 0 Å². The van der Waals surface area contributed by atoms with E-state index >= 15 is 0 Å². The molecule has 10 heavy (non-hydrogen) atoms. The minimum atomic E-state index is 0.781. The highest BCUT2D eigenvalue weighted by molar-refractivity contribution is 4.97. The van der Waals surface area contributed by atoms with Crippen LogP contribution >= 0.6 is 0 Å². The molecule has 0 fully saturated rings. The average molecular weight is 142 g/mol. The molecule has 0 aliphatic carbocycles. The Bertz CT molecular complexity index is 94.9. The van der Waals surface area contributed by atoms with Gasteiger partial charge in [-0.15, -0.1) is 0 Å². The predicted octanol–water partition coefficient (Wildman–Crippen LogP) is 2.77. The Morgan fingerprint density at radius 3 is 2.70 bits per heavy atom. The molecule has 60 valence electrons. The van der Waals surface area contributed by atoms with Crippen LogP contribution in [-0.4, -0.2) is 13.7 Å². The van der Waals surface area contributed by atoms with E-state index in [1.54, 1.807) is 7.11 Å². The fraction of sp³-hybridized carbons (Fsp3) is 0.778. The first kappa shape index (κ1) is 9.70. The summed E-state index contributed by atoms with van der Waals surface area (Å²) in [6, 6.07) is 0. The summed E-state index contributed by atoms with van der Waals surface area (Å²) < 4.78 is 4.97. The third-order valence-corrected chi connectivity index (χ3v) is 1.42. The minimum Gasteiger partial charge on any atom is -0.380 e. The van der Waals surface area contributed by atoms with Crippen LogP contribution in [0.4, 0.5) is 0 Å². The fourth-order valence-corrected chi connectivity index (χ4v) is 0.839. The largest absolute Gasteiger partial charge is 0.380 e. The molecule has 0 radical (unpaired) electrons. The van der Waals surface area contributed by atoms with E-state index in [4.69, 9.17) is 4.74 Å². The summed E-state index contributed by atoms with van der Waals surface area (Å²) in [5.41, 5.74) is 1.34. The van der Waals surface area contributed by atoms with Crippen molar-refractivity contribution in [2.75, 3.05) is 13.7 Å². The lowest BCUT2D eigenvalue weighted by atomic mass is 10.2. The topological polar surface area (TPSA) is 9.23 Å². The normalized spacial score (nSPS) is 12.1. The molecule has 0 amide bonds. The maximum Gasteiger partial charge on any atom is 0.0670 e. The molecule has 0 atom stereocenters. The Labute approximate surface area is 64.1 Å². The number of rotatable bonds is 5. The van der Waals surface area contributed by atoms with Gasteiger partial charge in [0.25, 0.3) is 0 Å². The molecule has 0 spiro atoms. The van der Waals surface area contributed by atoms with Crippen LogP contribution < -0.4 is 0 Å². The average Bonchev–Trinajstić information content (AvgIpc) is 1.89. The smallest absolute Gasteiger partial charge is 0.0670 e. The summed E-state index contributed by atoms with van der Waals surface area (Å²) in [6.45, 7) is 5.10. The quantitative estimate of drug-likeness (QED) is 0.423. The zero-order valence-corrected chi connectivity index (χ0v) is 7.31. The lowest BCUT2D eigenvalue weighted by molar-refractivity contribution is 0.225. The van der Waals surface area contributed by atoms with Gasteiger partial charge in [0.2, 0.25) is 0 Å². The van der Waals surface area contributed by atoms with Crippen LogP contribution in [0, 0.1) is 0 Å².